The third kappa shape index (κ3) is 43.4. The van der Waals surface area contributed by atoms with Crippen LogP contribution in [0.1, 0.15) is 316 Å². The first-order chi connectivity index (χ1) is 36.3. The number of rotatable bonds is 56. The Morgan fingerprint density at radius 2 is 0.770 bits per heavy atom. The molecule has 436 valence electrons. The summed E-state index contributed by atoms with van der Waals surface area (Å²) in [6, 6.07) is -0.827. The lowest BCUT2D eigenvalue weighted by Crippen LogP contribution is -2.60. The van der Waals surface area contributed by atoms with Crippen molar-refractivity contribution in [3.05, 3.63) is 36.5 Å². The van der Waals surface area contributed by atoms with Crippen LogP contribution in [-0.4, -0.2) is 87.5 Å². The first-order valence-electron chi connectivity index (χ1n) is 32.2. The van der Waals surface area contributed by atoms with Crippen molar-refractivity contribution in [2.24, 2.45) is 0 Å². The summed E-state index contributed by atoms with van der Waals surface area (Å²) in [5, 5.41) is 54.6. The van der Waals surface area contributed by atoms with E-state index in [1.54, 1.807) is 6.08 Å². The monoisotopic (exact) mass is 1050 g/mol. The normalized spacial score (nSPS) is 19.1. The number of aliphatic hydroxyl groups excluding tert-OH is 5. The molecule has 74 heavy (non-hydrogen) atoms. The lowest BCUT2D eigenvalue weighted by molar-refractivity contribution is -0.302. The molecule has 1 aliphatic heterocycles. The second-order valence-corrected chi connectivity index (χ2v) is 22.5. The molecule has 1 amide bonds. The fraction of sp³-hybridized carbons (Fsp3) is 0.892. The van der Waals surface area contributed by atoms with E-state index in [1.165, 1.54) is 250 Å². The van der Waals surface area contributed by atoms with Crippen LogP contribution in [0.4, 0.5) is 0 Å². The lowest BCUT2D eigenvalue weighted by atomic mass is 9.99. The van der Waals surface area contributed by atoms with E-state index >= 15 is 0 Å². The molecule has 0 aromatic carbocycles. The Bertz CT molecular complexity index is 1260. The molecule has 0 radical (unpaired) electrons. The van der Waals surface area contributed by atoms with Crippen molar-refractivity contribution in [2.45, 2.75) is 358 Å². The number of carbonyl (C=O) groups is 1. The predicted octanol–water partition coefficient (Wildman–Crippen LogP) is 16.7. The van der Waals surface area contributed by atoms with Gasteiger partial charge in [-0.1, -0.05) is 301 Å². The minimum atomic E-state index is -1.57. The van der Waals surface area contributed by atoms with Crippen LogP contribution < -0.4 is 5.32 Å². The lowest BCUT2D eigenvalue weighted by Gasteiger charge is -2.40. The number of allylic oxidation sites excluding steroid dienone is 5. The summed E-state index contributed by atoms with van der Waals surface area (Å²) in [7, 11) is 0. The molecule has 0 aliphatic carbocycles. The van der Waals surface area contributed by atoms with Gasteiger partial charge in [0.2, 0.25) is 5.91 Å². The summed E-state index contributed by atoms with van der Waals surface area (Å²) < 4.78 is 11.3. The van der Waals surface area contributed by atoms with Gasteiger partial charge in [-0.05, 0) is 44.9 Å². The van der Waals surface area contributed by atoms with Gasteiger partial charge in [-0.15, -0.1) is 0 Å². The van der Waals surface area contributed by atoms with Crippen molar-refractivity contribution in [1.29, 1.82) is 0 Å². The molecule has 1 fully saturated rings. The predicted molar refractivity (Wildman–Crippen MR) is 313 cm³/mol. The Labute approximate surface area is 457 Å². The molecule has 0 spiro atoms. The standard InChI is InChI=1S/C65H123NO8/c1-3-5-7-9-11-13-15-17-19-21-23-25-27-28-29-30-31-33-34-36-38-40-42-44-46-48-50-52-54-59(68)58(57-73-65-64(72)63(71)62(70)60(56-67)74-65)66-61(69)55-53-51-49-47-45-43-41-39-37-35-32-26-24-22-20-18-16-14-12-10-8-6-4-2/h36,38,44,46,52,54,58-60,62-65,67-68,70-72H,3-35,37,39-43,45,47-51,53,55-57H2,1-2H3,(H,66,69)/b38-36+,46-44+,54-52+. The van der Waals surface area contributed by atoms with E-state index in [-0.39, 0.29) is 12.5 Å². The van der Waals surface area contributed by atoms with Crippen LogP contribution in [0.5, 0.6) is 0 Å². The number of amides is 1. The fourth-order valence-corrected chi connectivity index (χ4v) is 10.4. The number of ether oxygens (including phenoxy) is 2. The maximum Gasteiger partial charge on any atom is 0.220 e. The second kappa shape index (κ2) is 54.8. The van der Waals surface area contributed by atoms with E-state index in [9.17, 15) is 30.3 Å². The first kappa shape index (κ1) is 70.4. The molecule has 0 aromatic heterocycles. The Morgan fingerprint density at radius 3 is 1.14 bits per heavy atom. The largest absolute Gasteiger partial charge is 0.394 e. The van der Waals surface area contributed by atoms with Crippen LogP contribution in [0.3, 0.4) is 0 Å². The average Bonchev–Trinajstić information content (AvgIpc) is 3.40. The zero-order valence-corrected chi connectivity index (χ0v) is 48.6. The van der Waals surface area contributed by atoms with Crippen molar-refractivity contribution in [3.8, 4) is 0 Å². The van der Waals surface area contributed by atoms with Gasteiger partial charge in [-0.25, -0.2) is 0 Å². The van der Waals surface area contributed by atoms with Crippen molar-refractivity contribution >= 4 is 5.91 Å². The number of nitrogens with one attached hydrogen (secondary N) is 1. The molecule has 1 heterocycles. The minimum absolute atomic E-state index is 0.185. The average molecular weight is 1050 g/mol. The highest BCUT2D eigenvalue weighted by Crippen LogP contribution is 2.23. The number of hydrogen-bond donors (Lipinski definition) is 6. The second-order valence-electron chi connectivity index (χ2n) is 22.5. The summed E-state index contributed by atoms with van der Waals surface area (Å²) >= 11 is 0. The van der Waals surface area contributed by atoms with Gasteiger partial charge in [0.25, 0.3) is 0 Å². The third-order valence-corrected chi connectivity index (χ3v) is 15.4. The highest BCUT2D eigenvalue weighted by Gasteiger charge is 2.44. The van der Waals surface area contributed by atoms with E-state index in [4.69, 9.17) is 9.47 Å². The summed E-state index contributed by atoms with van der Waals surface area (Å²) in [6.07, 6.45) is 65.2. The van der Waals surface area contributed by atoms with Gasteiger partial charge in [-0.3, -0.25) is 4.79 Å². The molecular formula is C65H123NO8. The van der Waals surface area contributed by atoms with Crippen LogP contribution in [0.2, 0.25) is 0 Å². The van der Waals surface area contributed by atoms with Gasteiger partial charge in [0, 0.05) is 6.42 Å². The molecule has 0 saturated carbocycles. The van der Waals surface area contributed by atoms with Crippen LogP contribution in [0, 0.1) is 0 Å². The van der Waals surface area contributed by atoms with Crippen molar-refractivity contribution in [1.82, 2.24) is 5.32 Å². The quantitative estimate of drug-likeness (QED) is 0.0261. The SMILES string of the molecule is CCCCCCCCCCCCCCCCCCCC/C=C/CC/C=C/CC/C=C/C(O)C(COC1OC(CO)C(O)C(O)C1O)NC(=O)CCCCCCCCCCCCCCCCCCCCCCCCC. The molecule has 1 saturated heterocycles. The van der Waals surface area contributed by atoms with E-state index in [2.05, 4.69) is 43.5 Å². The van der Waals surface area contributed by atoms with Crippen LogP contribution in [0.15, 0.2) is 36.5 Å². The first-order valence-corrected chi connectivity index (χ1v) is 32.2. The molecule has 7 atom stereocenters. The van der Waals surface area contributed by atoms with E-state index in [0.717, 1.165) is 44.9 Å². The van der Waals surface area contributed by atoms with Gasteiger partial charge >= 0.3 is 0 Å². The van der Waals surface area contributed by atoms with Gasteiger partial charge in [0.15, 0.2) is 6.29 Å². The van der Waals surface area contributed by atoms with Gasteiger partial charge in [0.05, 0.1) is 25.4 Å². The topological polar surface area (TPSA) is 149 Å². The summed E-state index contributed by atoms with van der Waals surface area (Å²) in [4.78, 5) is 13.1. The molecule has 0 aromatic rings. The van der Waals surface area contributed by atoms with E-state index < -0.39 is 49.5 Å². The van der Waals surface area contributed by atoms with Gasteiger partial charge < -0.3 is 40.3 Å². The zero-order valence-electron chi connectivity index (χ0n) is 48.6. The Morgan fingerprint density at radius 1 is 0.446 bits per heavy atom. The molecule has 9 heteroatoms. The van der Waals surface area contributed by atoms with Gasteiger partial charge in [-0.2, -0.15) is 0 Å². The van der Waals surface area contributed by atoms with Crippen LogP contribution in [-0.2, 0) is 14.3 Å². The summed E-state index contributed by atoms with van der Waals surface area (Å²) in [6.45, 7) is 3.81. The van der Waals surface area contributed by atoms with Crippen LogP contribution in [0.25, 0.3) is 0 Å². The minimum Gasteiger partial charge on any atom is -0.394 e. The van der Waals surface area contributed by atoms with E-state index in [0.29, 0.717) is 6.42 Å². The van der Waals surface area contributed by atoms with Crippen molar-refractivity contribution in [3.63, 3.8) is 0 Å². The molecular weight excluding hydrogens is 923 g/mol. The number of unbranched alkanes of at least 4 members (excludes halogenated alkanes) is 42. The highest BCUT2D eigenvalue weighted by atomic mass is 16.7. The van der Waals surface area contributed by atoms with E-state index in [1.807, 2.05) is 6.08 Å². The van der Waals surface area contributed by atoms with Gasteiger partial charge in [0.1, 0.15) is 24.4 Å². The number of carbonyl (C=O) groups excluding carboxylic acids is 1. The smallest absolute Gasteiger partial charge is 0.220 e. The molecule has 6 N–H and O–H groups in total. The Balaban J connectivity index is 2.20. The van der Waals surface area contributed by atoms with Crippen LogP contribution >= 0.6 is 0 Å². The maximum absolute atomic E-state index is 13.1. The Hall–Kier alpha value is -1.59. The molecule has 7 unspecified atom stereocenters. The Kier molecular flexibility index (Phi) is 52.1. The number of aliphatic hydroxyl groups is 5. The molecule has 1 rings (SSSR count). The highest BCUT2D eigenvalue weighted by molar-refractivity contribution is 5.76. The molecule has 0 bridgehead atoms. The van der Waals surface area contributed by atoms with Crippen molar-refractivity contribution in [2.75, 3.05) is 13.2 Å². The number of hydrogen-bond acceptors (Lipinski definition) is 8. The summed E-state index contributed by atoms with van der Waals surface area (Å²) in [5.41, 5.74) is 0. The third-order valence-electron chi connectivity index (χ3n) is 15.4. The summed E-state index contributed by atoms with van der Waals surface area (Å²) in [5.74, 6) is -0.185. The fourth-order valence-electron chi connectivity index (χ4n) is 10.4. The molecule has 9 nitrogen and oxygen atoms in total. The maximum atomic E-state index is 13.1. The molecule has 1 aliphatic rings. The van der Waals surface area contributed by atoms with Crippen molar-refractivity contribution < 1.29 is 39.8 Å². The zero-order chi connectivity index (χ0) is 53.6.